The highest BCUT2D eigenvalue weighted by Gasteiger charge is 2.52. The number of unbranched alkanes of at least 4 members (excludes halogenated alkanes) is 1. The number of amides is 2. The van der Waals surface area contributed by atoms with Gasteiger partial charge in [0.1, 0.15) is 11.9 Å². The van der Waals surface area contributed by atoms with Crippen LogP contribution in [0.15, 0.2) is 23.0 Å². The number of aromatic nitrogens is 2. The van der Waals surface area contributed by atoms with E-state index in [0.29, 0.717) is 40.2 Å². The third-order valence-corrected chi connectivity index (χ3v) is 9.78. The van der Waals surface area contributed by atoms with Crippen LogP contribution in [0.25, 0.3) is 10.9 Å². The van der Waals surface area contributed by atoms with Gasteiger partial charge in [0, 0.05) is 24.4 Å². The van der Waals surface area contributed by atoms with Crippen LogP contribution in [0.5, 0.6) is 0 Å². The summed E-state index contributed by atoms with van der Waals surface area (Å²) < 4.78 is 1.42. The van der Waals surface area contributed by atoms with E-state index in [1.807, 2.05) is 12.1 Å². The quantitative estimate of drug-likeness (QED) is 0.345. The topological polar surface area (TPSA) is 93.1 Å². The molecular weight excluding hydrogens is 476 g/mol. The molecule has 0 unspecified atom stereocenters. The molecule has 2 aromatic rings. The van der Waals surface area contributed by atoms with E-state index in [-0.39, 0.29) is 17.9 Å². The van der Waals surface area contributed by atoms with Gasteiger partial charge in [-0.3, -0.25) is 24.3 Å². The maximum absolute atomic E-state index is 13.5. The Morgan fingerprint density at radius 3 is 2.53 bits per heavy atom. The molecule has 5 fully saturated rings. The predicted molar refractivity (Wildman–Crippen MR) is 146 cm³/mol. The zero-order valence-electron chi connectivity index (χ0n) is 22.5. The fourth-order valence-corrected chi connectivity index (χ4v) is 8.33. The van der Waals surface area contributed by atoms with Crippen LogP contribution in [0.1, 0.15) is 88.6 Å². The largest absolute Gasteiger partial charge is 0.314 e. The molecule has 7 rings (SSSR count). The van der Waals surface area contributed by atoms with Gasteiger partial charge in [-0.1, -0.05) is 17.9 Å². The Morgan fingerprint density at radius 2 is 1.84 bits per heavy atom. The van der Waals surface area contributed by atoms with E-state index in [9.17, 15) is 14.4 Å². The first-order valence-corrected chi connectivity index (χ1v) is 14.4. The summed E-state index contributed by atoms with van der Waals surface area (Å²) in [5.74, 6) is 9.08. The monoisotopic (exact) mass is 514 g/mol. The minimum Gasteiger partial charge on any atom is -0.314 e. The molecule has 5 aliphatic rings. The Hall–Kier alpha value is -2.98. The van der Waals surface area contributed by atoms with Crippen molar-refractivity contribution in [2.24, 2.45) is 23.2 Å². The van der Waals surface area contributed by atoms with Gasteiger partial charge >= 0.3 is 0 Å². The summed E-state index contributed by atoms with van der Waals surface area (Å²) in [6.45, 7) is 5.08. The number of fused-ring (bicyclic) bond motifs is 1. The van der Waals surface area contributed by atoms with Crippen molar-refractivity contribution in [3.63, 3.8) is 0 Å². The van der Waals surface area contributed by atoms with Crippen molar-refractivity contribution in [3.05, 3.63) is 39.9 Å². The molecule has 4 saturated carbocycles. The fraction of sp³-hybridized carbons (Fsp3) is 0.613. The average molecular weight is 515 g/mol. The molecular formula is C31H38N4O3. The van der Waals surface area contributed by atoms with Crippen molar-refractivity contribution < 1.29 is 9.59 Å². The van der Waals surface area contributed by atoms with Gasteiger partial charge in [0.25, 0.3) is 5.56 Å². The average Bonchev–Trinajstić information content (AvgIpc) is 2.86. The lowest BCUT2D eigenvalue weighted by Gasteiger charge is -2.59. The van der Waals surface area contributed by atoms with Crippen LogP contribution in [0.4, 0.5) is 0 Å². The molecule has 1 aromatic heterocycles. The third kappa shape index (κ3) is 4.58. The molecule has 2 N–H and O–H groups in total. The van der Waals surface area contributed by atoms with E-state index in [1.54, 1.807) is 13.0 Å². The molecule has 2 atom stereocenters. The number of benzene rings is 1. The van der Waals surface area contributed by atoms with Crippen molar-refractivity contribution in [1.29, 1.82) is 0 Å². The number of carbonyl (C=O) groups is 2. The minimum absolute atomic E-state index is 0.206. The van der Waals surface area contributed by atoms with Crippen LogP contribution in [-0.4, -0.2) is 34.0 Å². The van der Waals surface area contributed by atoms with E-state index in [1.165, 1.54) is 43.1 Å². The predicted octanol–water partition coefficient (Wildman–Crippen LogP) is 4.01. The number of imide groups is 1. The van der Waals surface area contributed by atoms with Crippen molar-refractivity contribution in [2.45, 2.75) is 90.1 Å². The van der Waals surface area contributed by atoms with E-state index in [4.69, 9.17) is 0 Å². The first-order chi connectivity index (χ1) is 18.3. The number of nitrogens with zero attached hydrogens (tertiary/aromatic N) is 2. The number of aryl methyl sites for hydroxylation is 1. The number of hydrogen-bond acceptors (Lipinski definition) is 5. The van der Waals surface area contributed by atoms with Gasteiger partial charge in [-0.2, -0.15) is 0 Å². The molecule has 1 aromatic carbocycles. The molecule has 2 heterocycles. The number of nitrogens with one attached hydrogen (secondary N) is 2. The molecule has 7 heteroatoms. The van der Waals surface area contributed by atoms with Gasteiger partial charge in [-0.05, 0) is 107 Å². The number of hydrogen-bond donors (Lipinski definition) is 2. The van der Waals surface area contributed by atoms with Crippen LogP contribution in [0.2, 0.25) is 0 Å². The lowest BCUT2D eigenvalue weighted by Crippen LogP contribution is -2.54. The van der Waals surface area contributed by atoms with Crippen molar-refractivity contribution >= 4 is 22.7 Å². The van der Waals surface area contributed by atoms with Gasteiger partial charge in [-0.15, -0.1) is 0 Å². The summed E-state index contributed by atoms with van der Waals surface area (Å²) in [6.07, 6.45) is 10.9. The Labute approximate surface area is 224 Å². The molecule has 4 aliphatic carbocycles. The van der Waals surface area contributed by atoms with Gasteiger partial charge in [0.05, 0.1) is 10.9 Å². The zero-order chi connectivity index (χ0) is 26.4. The summed E-state index contributed by atoms with van der Waals surface area (Å²) >= 11 is 0. The highest BCUT2D eigenvalue weighted by atomic mass is 16.2. The summed E-state index contributed by atoms with van der Waals surface area (Å²) in [6, 6.07) is 5.33. The van der Waals surface area contributed by atoms with Gasteiger partial charge in [-0.25, -0.2) is 4.98 Å². The lowest BCUT2D eigenvalue weighted by atomic mass is 9.48. The summed E-state index contributed by atoms with van der Waals surface area (Å²) in [5.41, 5.74) is 1.44. The van der Waals surface area contributed by atoms with E-state index < -0.39 is 11.9 Å². The van der Waals surface area contributed by atoms with Crippen LogP contribution in [-0.2, 0) is 9.59 Å². The maximum atomic E-state index is 13.5. The van der Waals surface area contributed by atoms with Crippen molar-refractivity contribution in [3.8, 4) is 11.8 Å². The first-order valence-electron chi connectivity index (χ1n) is 14.4. The Bertz CT molecular complexity index is 1360. The molecule has 4 bridgehead atoms. The molecule has 1 aliphatic heterocycles. The second-order valence-corrected chi connectivity index (χ2v) is 12.4. The number of rotatable bonds is 6. The van der Waals surface area contributed by atoms with Crippen molar-refractivity contribution in [1.82, 2.24) is 20.2 Å². The van der Waals surface area contributed by atoms with Gasteiger partial charge < -0.3 is 5.32 Å². The third-order valence-electron chi connectivity index (χ3n) is 9.78. The smallest absolute Gasteiger partial charge is 0.263 e. The van der Waals surface area contributed by atoms with Crippen LogP contribution in [0.3, 0.4) is 0 Å². The summed E-state index contributed by atoms with van der Waals surface area (Å²) in [5, 5.41) is 6.62. The lowest BCUT2D eigenvalue weighted by molar-refractivity contribution is -0.135. The Morgan fingerprint density at radius 1 is 1.13 bits per heavy atom. The van der Waals surface area contributed by atoms with Crippen LogP contribution < -0.4 is 16.2 Å². The van der Waals surface area contributed by atoms with E-state index in [0.717, 1.165) is 37.1 Å². The van der Waals surface area contributed by atoms with Gasteiger partial charge in [0.15, 0.2) is 0 Å². The Balaban J connectivity index is 1.12. The van der Waals surface area contributed by atoms with Gasteiger partial charge in [0.2, 0.25) is 11.8 Å². The summed E-state index contributed by atoms with van der Waals surface area (Å²) in [4.78, 5) is 42.2. The minimum atomic E-state index is -0.736. The van der Waals surface area contributed by atoms with Crippen molar-refractivity contribution in [2.75, 3.05) is 6.54 Å². The fourth-order valence-electron chi connectivity index (χ4n) is 8.33. The molecule has 2 amide bonds. The molecule has 7 nitrogen and oxygen atoms in total. The summed E-state index contributed by atoms with van der Waals surface area (Å²) in [7, 11) is 0. The second-order valence-electron chi connectivity index (χ2n) is 12.4. The Kier molecular flexibility index (Phi) is 6.63. The zero-order valence-corrected chi connectivity index (χ0v) is 22.5. The number of piperidine rings is 1. The highest BCUT2D eigenvalue weighted by molar-refractivity contribution is 5.99. The van der Waals surface area contributed by atoms with Crippen LogP contribution >= 0.6 is 0 Å². The SMILES string of the molecule is Cc1nc2cccc(C#CCCCN[C@@H](C)C34CC5CC(CC(C5)C3)C4)c2c(=O)n1[C@H]1CCC(=O)NC1=O. The molecule has 1 saturated heterocycles. The normalized spacial score (nSPS) is 30.7. The standard InChI is InChI=1S/C31H38N4O3/c1-19(31-16-21-13-22(17-31)15-23(14-21)18-31)32-12-5-3-4-7-24-8-6-9-25-28(24)30(38)35(20(2)33-25)26-10-11-27(36)34-29(26)37/h6,8-9,19,21-23,26,32H,3,5,10-18H2,1-2H3,(H,34,36,37)/t19-,21?,22?,23?,26-,31?/m0/s1. The first kappa shape index (κ1) is 25.3. The molecule has 0 spiro atoms. The highest BCUT2D eigenvalue weighted by Crippen LogP contribution is 2.61. The second kappa shape index (κ2) is 9.96. The molecule has 0 radical (unpaired) electrons. The van der Waals surface area contributed by atoms with Crippen LogP contribution in [0, 0.1) is 41.9 Å². The maximum Gasteiger partial charge on any atom is 0.263 e. The van der Waals surface area contributed by atoms with E-state index in [2.05, 4.69) is 34.4 Å². The molecule has 200 valence electrons. The molecule has 38 heavy (non-hydrogen) atoms. The number of carbonyl (C=O) groups excluding carboxylic acids is 2. The van der Waals surface area contributed by atoms with E-state index >= 15 is 0 Å².